The quantitative estimate of drug-likeness (QED) is 0.364. The molecule has 0 radical (unpaired) electrons. The number of Topliss-reactive ketones (excluding diaryl/α,β-unsaturated/α-hetero) is 1. The standard InChI is InChI=1S/C22H19ClF2N6O3/c1-10-8-31-9-14(25)17(20(33)27-11-2-3-13(24)12(23)6-11)18(31)16(10)19(32)21(34)28-22(4-5-22)15-7-26-30-29-15/h2-3,6-8,14,17H,4-5,9H2,1H3,(H,27,33)(H,28,34)(H,26,29,30). The number of hydrogen-bond donors (Lipinski definition) is 3. The molecule has 0 bridgehead atoms. The van der Waals surface area contributed by atoms with E-state index < -0.39 is 41.0 Å². The van der Waals surface area contributed by atoms with Gasteiger partial charge in [0.25, 0.3) is 11.7 Å². The van der Waals surface area contributed by atoms with Gasteiger partial charge in [-0.2, -0.15) is 15.4 Å². The van der Waals surface area contributed by atoms with Crippen LogP contribution in [0, 0.1) is 12.7 Å². The second-order valence-corrected chi connectivity index (χ2v) is 8.96. The van der Waals surface area contributed by atoms with Gasteiger partial charge in [-0.3, -0.25) is 14.4 Å². The Morgan fingerprint density at radius 3 is 2.71 bits per heavy atom. The van der Waals surface area contributed by atoms with Crippen molar-refractivity contribution < 1.29 is 23.2 Å². The predicted octanol–water partition coefficient (Wildman–Crippen LogP) is 2.77. The van der Waals surface area contributed by atoms with Crippen LogP contribution in [-0.4, -0.2) is 43.7 Å². The summed E-state index contributed by atoms with van der Waals surface area (Å²) in [5.74, 6) is -4.47. The van der Waals surface area contributed by atoms with Crippen LogP contribution in [0.4, 0.5) is 14.5 Å². The molecule has 2 aromatic heterocycles. The number of carbonyl (C=O) groups is 3. The largest absolute Gasteiger partial charge is 0.347 e. The Morgan fingerprint density at radius 2 is 2.06 bits per heavy atom. The molecule has 3 aromatic rings. The Balaban J connectivity index is 1.41. The van der Waals surface area contributed by atoms with Crippen LogP contribution >= 0.6 is 11.6 Å². The van der Waals surface area contributed by atoms with Crippen LogP contribution in [0.25, 0.3) is 0 Å². The fourth-order valence-corrected chi connectivity index (χ4v) is 4.61. The molecule has 34 heavy (non-hydrogen) atoms. The number of halogens is 3. The summed E-state index contributed by atoms with van der Waals surface area (Å²) < 4.78 is 29.9. The van der Waals surface area contributed by atoms with Crippen molar-refractivity contribution in [1.29, 1.82) is 0 Å². The third-order valence-electron chi connectivity index (χ3n) is 6.25. The van der Waals surface area contributed by atoms with E-state index in [1.807, 2.05) is 0 Å². The monoisotopic (exact) mass is 488 g/mol. The molecule has 3 N–H and O–H groups in total. The van der Waals surface area contributed by atoms with E-state index >= 15 is 0 Å². The van der Waals surface area contributed by atoms with Crippen molar-refractivity contribution >= 4 is 34.9 Å². The van der Waals surface area contributed by atoms with Crippen LogP contribution < -0.4 is 10.6 Å². The van der Waals surface area contributed by atoms with E-state index in [0.29, 0.717) is 24.1 Å². The lowest BCUT2D eigenvalue weighted by Crippen LogP contribution is -2.40. The van der Waals surface area contributed by atoms with Gasteiger partial charge < -0.3 is 15.2 Å². The summed E-state index contributed by atoms with van der Waals surface area (Å²) in [5.41, 5.74) is 0.507. The van der Waals surface area contributed by atoms with Gasteiger partial charge in [0.15, 0.2) is 0 Å². The van der Waals surface area contributed by atoms with Crippen LogP contribution in [0.1, 0.15) is 46.1 Å². The van der Waals surface area contributed by atoms with E-state index in [-0.39, 0.29) is 28.5 Å². The number of alkyl halides is 1. The molecule has 2 amide bonds. The number of aryl methyl sites for hydroxylation is 1. The highest BCUT2D eigenvalue weighted by atomic mass is 35.5. The van der Waals surface area contributed by atoms with Crippen molar-refractivity contribution in [2.45, 2.75) is 43.9 Å². The van der Waals surface area contributed by atoms with E-state index in [0.717, 1.165) is 6.07 Å². The van der Waals surface area contributed by atoms with Gasteiger partial charge in [0, 0.05) is 17.6 Å². The van der Waals surface area contributed by atoms with Crippen molar-refractivity contribution in [1.82, 2.24) is 25.3 Å². The minimum Gasteiger partial charge on any atom is -0.347 e. The topological polar surface area (TPSA) is 122 Å². The highest BCUT2D eigenvalue weighted by Gasteiger charge is 2.50. The molecule has 12 heteroatoms. The molecule has 9 nitrogen and oxygen atoms in total. The first kappa shape index (κ1) is 22.2. The maximum atomic E-state index is 15.0. The SMILES string of the molecule is Cc1cn2c(c1C(=O)C(=O)NC1(c3cn[nH]n3)CC1)C(C(=O)Nc1ccc(F)c(Cl)c1)C(F)C2. The Bertz CT molecular complexity index is 1320. The number of aromatic nitrogens is 4. The van der Waals surface area contributed by atoms with Crippen LogP contribution in [-0.2, 0) is 21.7 Å². The summed E-state index contributed by atoms with van der Waals surface area (Å²) >= 11 is 5.76. The number of nitrogens with zero attached hydrogens (tertiary/aromatic N) is 3. The number of fused-ring (bicyclic) bond motifs is 1. The van der Waals surface area contributed by atoms with Gasteiger partial charge in [0.05, 0.1) is 28.9 Å². The average molecular weight is 489 g/mol. The lowest BCUT2D eigenvalue weighted by Gasteiger charge is -2.17. The van der Waals surface area contributed by atoms with Gasteiger partial charge in [0.2, 0.25) is 5.91 Å². The van der Waals surface area contributed by atoms with Gasteiger partial charge >= 0.3 is 0 Å². The van der Waals surface area contributed by atoms with E-state index in [9.17, 15) is 23.2 Å². The molecular weight excluding hydrogens is 470 g/mol. The molecule has 5 rings (SSSR count). The lowest BCUT2D eigenvalue weighted by molar-refractivity contribution is -0.119. The molecule has 3 heterocycles. The highest BCUT2D eigenvalue weighted by molar-refractivity contribution is 6.43. The number of nitrogens with one attached hydrogen (secondary N) is 3. The number of amides is 2. The second-order valence-electron chi connectivity index (χ2n) is 8.56. The van der Waals surface area contributed by atoms with Gasteiger partial charge in [-0.15, -0.1) is 0 Å². The fraction of sp³-hybridized carbons (Fsp3) is 0.318. The van der Waals surface area contributed by atoms with Crippen molar-refractivity contribution in [2.24, 2.45) is 0 Å². The Morgan fingerprint density at radius 1 is 1.29 bits per heavy atom. The lowest BCUT2D eigenvalue weighted by atomic mass is 9.94. The third-order valence-corrected chi connectivity index (χ3v) is 6.54. The number of anilines is 1. The number of ketones is 1. The first-order valence-electron chi connectivity index (χ1n) is 10.5. The molecule has 1 fully saturated rings. The van der Waals surface area contributed by atoms with E-state index in [1.54, 1.807) is 13.1 Å². The second kappa shape index (κ2) is 8.01. The zero-order valence-corrected chi connectivity index (χ0v) is 18.6. The number of hydrogen-bond acceptors (Lipinski definition) is 5. The molecular formula is C22H19ClF2N6O3. The van der Waals surface area contributed by atoms with E-state index in [4.69, 9.17) is 11.6 Å². The first-order chi connectivity index (χ1) is 16.2. The summed E-state index contributed by atoms with van der Waals surface area (Å²) in [6.45, 7) is 1.48. The molecule has 2 aliphatic rings. The fourth-order valence-electron chi connectivity index (χ4n) is 4.43. The minimum atomic E-state index is -1.62. The molecule has 0 spiro atoms. The predicted molar refractivity (Wildman–Crippen MR) is 117 cm³/mol. The summed E-state index contributed by atoms with van der Waals surface area (Å²) in [7, 11) is 0. The summed E-state index contributed by atoms with van der Waals surface area (Å²) in [6.07, 6.45) is 2.61. The zero-order valence-electron chi connectivity index (χ0n) is 17.9. The Hall–Kier alpha value is -3.60. The van der Waals surface area contributed by atoms with Gasteiger partial charge in [-0.25, -0.2) is 8.78 Å². The summed E-state index contributed by atoms with van der Waals surface area (Å²) in [5, 5.41) is 15.3. The number of rotatable bonds is 6. The normalized spacial score (nSPS) is 20.0. The van der Waals surface area contributed by atoms with Gasteiger partial charge in [-0.1, -0.05) is 11.6 Å². The molecule has 2 unspecified atom stereocenters. The van der Waals surface area contributed by atoms with Gasteiger partial charge in [0.1, 0.15) is 23.6 Å². The zero-order chi connectivity index (χ0) is 24.2. The maximum Gasteiger partial charge on any atom is 0.293 e. The number of carbonyl (C=O) groups excluding carboxylic acids is 3. The first-order valence-corrected chi connectivity index (χ1v) is 10.9. The van der Waals surface area contributed by atoms with Crippen molar-refractivity contribution in [3.63, 3.8) is 0 Å². The molecule has 1 aliphatic heterocycles. The van der Waals surface area contributed by atoms with Crippen LogP contribution in [0.3, 0.4) is 0 Å². The maximum absolute atomic E-state index is 15.0. The Kier molecular flexibility index (Phi) is 5.23. The molecule has 1 aromatic carbocycles. The van der Waals surface area contributed by atoms with Crippen LogP contribution in [0.5, 0.6) is 0 Å². The molecule has 1 aliphatic carbocycles. The Labute approximate surface area is 196 Å². The summed E-state index contributed by atoms with van der Waals surface area (Å²) in [4.78, 5) is 39.1. The van der Waals surface area contributed by atoms with Crippen LogP contribution in [0.2, 0.25) is 5.02 Å². The van der Waals surface area contributed by atoms with E-state index in [1.165, 1.54) is 22.9 Å². The van der Waals surface area contributed by atoms with Crippen molar-refractivity contribution in [3.8, 4) is 0 Å². The number of benzene rings is 1. The number of H-pyrrole nitrogens is 1. The third kappa shape index (κ3) is 3.65. The summed E-state index contributed by atoms with van der Waals surface area (Å²) in [6, 6.07) is 3.58. The smallest absolute Gasteiger partial charge is 0.293 e. The molecule has 0 saturated heterocycles. The molecule has 1 saturated carbocycles. The minimum absolute atomic E-state index is 0.00843. The van der Waals surface area contributed by atoms with Crippen molar-refractivity contribution in [2.75, 3.05) is 5.32 Å². The number of aromatic amines is 1. The van der Waals surface area contributed by atoms with Crippen LogP contribution in [0.15, 0.2) is 30.6 Å². The average Bonchev–Trinajstić information content (AvgIpc) is 3.11. The molecule has 2 atom stereocenters. The van der Waals surface area contributed by atoms with E-state index in [2.05, 4.69) is 26.0 Å². The highest BCUT2D eigenvalue weighted by Crippen LogP contribution is 2.44. The van der Waals surface area contributed by atoms with Gasteiger partial charge in [-0.05, 0) is 43.5 Å². The molecule has 176 valence electrons. The van der Waals surface area contributed by atoms with Crippen molar-refractivity contribution in [3.05, 3.63) is 63.9 Å².